The van der Waals surface area contributed by atoms with Crippen molar-refractivity contribution in [3.05, 3.63) is 111 Å². The topological polar surface area (TPSA) is 116 Å². The molecule has 0 aliphatic carbocycles. The van der Waals surface area contributed by atoms with Crippen LogP contribution in [0, 0.1) is 5.92 Å². The number of nitrogens with zero attached hydrogens (tertiary/aromatic N) is 4. The largest absolute Gasteiger partial charge is 0.394 e. The number of halogens is 1. The number of aliphatic hydroxyl groups excluding tert-OH is 1. The highest BCUT2D eigenvalue weighted by Gasteiger charge is 2.52. The van der Waals surface area contributed by atoms with Crippen molar-refractivity contribution in [3.8, 4) is 5.69 Å². The van der Waals surface area contributed by atoms with Gasteiger partial charge in [0.25, 0.3) is 11.5 Å². The van der Waals surface area contributed by atoms with Gasteiger partial charge in [-0.15, -0.1) is 0 Å². The van der Waals surface area contributed by atoms with E-state index in [4.69, 9.17) is 0 Å². The van der Waals surface area contributed by atoms with Gasteiger partial charge in [0.2, 0.25) is 5.91 Å². The molecule has 1 saturated heterocycles. The molecule has 1 fully saturated rings. The minimum absolute atomic E-state index is 0.0524. The van der Waals surface area contributed by atoms with Gasteiger partial charge in [0.05, 0.1) is 42.2 Å². The number of hydrogen-bond donors (Lipinski definition) is 2. The predicted molar refractivity (Wildman–Crippen MR) is 171 cm³/mol. The van der Waals surface area contributed by atoms with Crippen LogP contribution in [0.2, 0.25) is 0 Å². The van der Waals surface area contributed by atoms with Crippen molar-refractivity contribution in [2.24, 2.45) is 5.92 Å². The Balaban J connectivity index is 1.22. The van der Waals surface area contributed by atoms with E-state index in [1.165, 1.54) is 4.68 Å². The summed E-state index contributed by atoms with van der Waals surface area (Å²) in [6.45, 7) is 2.55. The molecule has 3 heterocycles. The SMILES string of the molecule is C[C@@H](/C=C/CC(=O)N1CCC[C@H]1CO)[C@]1(O)C(=O)N(Cc2ccc(-n3ncc4ccccc4c3=O)cc2)c2ccc(Br)cc21. The molecule has 0 radical (unpaired) electrons. The van der Waals surface area contributed by atoms with Crippen LogP contribution in [0.25, 0.3) is 16.5 Å². The lowest BCUT2D eigenvalue weighted by molar-refractivity contribution is -0.139. The van der Waals surface area contributed by atoms with E-state index in [0.717, 1.165) is 28.3 Å². The zero-order valence-electron chi connectivity index (χ0n) is 24.3. The third-order valence-corrected chi connectivity index (χ3v) is 9.23. The van der Waals surface area contributed by atoms with Crippen LogP contribution in [-0.2, 0) is 21.7 Å². The summed E-state index contributed by atoms with van der Waals surface area (Å²) in [5, 5.41) is 27.2. The first-order chi connectivity index (χ1) is 21.2. The Hall–Kier alpha value is -4.12. The van der Waals surface area contributed by atoms with Gasteiger partial charge in [0, 0.05) is 34.3 Å². The summed E-state index contributed by atoms with van der Waals surface area (Å²) in [7, 11) is 0. The van der Waals surface area contributed by atoms with Crippen LogP contribution < -0.4 is 10.5 Å². The summed E-state index contributed by atoms with van der Waals surface area (Å²) in [4.78, 5) is 43.0. The molecule has 6 rings (SSSR count). The normalized spacial score (nSPS) is 20.5. The summed E-state index contributed by atoms with van der Waals surface area (Å²) >= 11 is 3.48. The Kier molecular flexibility index (Phi) is 8.24. The molecule has 2 aliphatic heterocycles. The molecule has 4 aromatic rings. The minimum atomic E-state index is -1.83. The molecule has 0 bridgehead atoms. The number of benzene rings is 3. The molecule has 1 aromatic heterocycles. The first-order valence-corrected chi connectivity index (χ1v) is 15.5. The van der Waals surface area contributed by atoms with Crippen molar-refractivity contribution in [1.82, 2.24) is 14.7 Å². The second kappa shape index (κ2) is 12.1. The molecule has 0 saturated carbocycles. The number of aromatic nitrogens is 2. The van der Waals surface area contributed by atoms with E-state index in [2.05, 4.69) is 21.0 Å². The van der Waals surface area contributed by atoms with E-state index in [1.807, 2.05) is 42.5 Å². The van der Waals surface area contributed by atoms with Crippen LogP contribution in [0.3, 0.4) is 0 Å². The maximum Gasteiger partial charge on any atom is 0.279 e. The highest BCUT2D eigenvalue weighted by molar-refractivity contribution is 9.10. The molecular formula is C34H33BrN4O5. The molecule has 0 unspecified atom stereocenters. The molecule has 2 aliphatic rings. The zero-order chi connectivity index (χ0) is 31.0. The molecule has 2 N–H and O–H groups in total. The number of fused-ring (bicyclic) bond motifs is 2. The van der Waals surface area contributed by atoms with Gasteiger partial charge >= 0.3 is 0 Å². The first kappa shape index (κ1) is 29.9. The Bertz CT molecular complexity index is 1820. The maximum absolute atomic E-state index is 14.0. The number of likely N-dealkylation sites (tertiary alicyclic amines) is 1. The van der Waals surface area contributed by atoms with E-state index in [-0.39, 0.29) is 37.1 Å². The van der Waals surface area contributed by atoms with Crippen LogP contribution in [0.1, 0.15) is 37.3 Å². The van der Waals surface area contributed by atoms with Gasteiger partial charge < -0.3 is 20.0 Å². The number of aliphatic hydroxyl groups is 2. The van der Waals surface area contributed by atoms with Gasteiger partial charge in [-0.2, -0.15) is 9.78 Å². The van der Waals surface area contributed by atoms with Crippen LogP contribution in [0.5, 0.6) is 0 Å². The predicted octanol–water partition coefficient (Wildman–Crippen LogP) is 4.45. The summed E-state index contributed by atoms with van der Waals surface area (Å²) < 4.78 is 2.09. The average molecular weight is 658 g/mol. The third kappa shape index (κ3) is 5.27. The van der Waals surface area contributed by atoms with Crippen LogP contribution in [0.4, 0.5) is 5.69 Å². The molecule has 9 nitrogen and oxygen atoms in total. The van der Waals surface area contributed by atoms with Gasteiger partial charge in [-0.3, -0.25) is 14.4 Å². The van der Waals surface area contributed by atoms with E-state index in [0.29, 0.717) is 28.9 Å². The second-order valence-electron chi connectivity index (χ2n) is 11.4. The number of hydrogen-bond acceptors (Lipinski definition) is 6. The molecule has 0 spiro atoms. The van der Waals surface area contributed by atoms with Crippen molar-refractivity contribution in [1.29, 1.82) is 0 Å². The van der Waals surface area contributed by atoms with Crippen LogP contribution in [0.15, 0.2) is 94.3 Å². The lowest BCUT2D eigenvalue weighted by atomic mass is 9.83. The van der Waals surface area contributed by atoms with Gasteiger partial charge in [-0.05, 0) is 54.8 Å². The second-order valence-corrected chi connectivity index (χ2v) is 12.3. The molecule has 10 heteroatoms. The van der Waals surface area contributed by atoms with Crippen LogP contribution in [-0.4, -0.2) is 55.9 Å². The molecule has 2 amide bonds. The number of rotatable bonds is 8. The van der Waals surface area contributed by atoms with Crippen molar-refractivity contribution >= 4 is 44.2 Å². The Morgan fingerprint density at radius 3 is 2.68 bits per heavy atom. The van der Waals surface area contributed by atoms with Gasteiger partial charge in [-0.1, -0.05) is 65.3 Å². The van der Waals surface area contributed by atoms with E-state index in [9.17, 15) is 24.6 Å². The summed E-state index contributed by atoms with van der Waals surface area (Å²) in [5.41, 5.74) is 0.465. The molecule has 226 valence electrons. The highest BCUT2D eigenvalue weighted by atomic mass is 79.9. The fourth-order valence-corrected chi connectivity index (χ4v) is 6.62. The van der Waals surface area contributed by atoms with Gasteiger partial charge in [0.1, 0.15) is 0 Å². The van der Waals surface area contributed by atoms with Crippen molar-refractivity contribution in [3.63, 3.8) is 0 Å². The smallest absolute Gasteiger partial charge is 0.279 e. The van der Waals surface area contributed by atoms with E-state index in [1.54, 1.807) is 59.3 Å². The quantitative estimate of drug-likeness (QED) is 0.271. The summed E-state index contributed by atoms with van der Waals surface area (Å²) in [5.74, 6) is -1.16. The zero-order valence-corrected chi connectivity index (χ0v) is 25.9. The molecule has 3 atom stereocenters. The molecule has 3 aromatic carbocycles. The van der Waals surface area contributed by atoms with Crippen molar-refractivity contribution in [2.75, 3.05) is 18.1 Å². The van der Waals surface area contributed by atoms with E-state index < -0.39 is 17.4 Å². The number of anilines is 1. The van der Waals surface area contributed by atoms with Gasteiger partial charge in [0.15, 0.2) is 5.60 Å². The van der Waals surface area contributed by atoms with E-state index >= 15 is 0 Å². The maximum atomic E-state index is 14.0. The summed E-state index contributed by atoms with van der Waals surface area (Å²) in [6.07, 6.45) is 6.87. The number of carbonyl (C=O) groups excluding carboxylic acids is 2. The number of amides is 2. The average Bonchev–Trinajstić information content (AvgIpc) is 3.60. The van der Waals surface area contributed by atoms with Gasteiger partial charge in [-0.25, -0.2) is 0 Å². The Morgan fingerprint density at radius 2 is 1.91 bits per heavy atom. The Morgan fingerprint density at radius 1 is 1.14 bits per heavy atom. The fraction of sp³-hybridized carbons (Fsp3) is 0.294. The number of carbonyl (C=O) groups is 2. The standard InChI is InChI=1S/C34H33BrN4O5/c1-22(6-4-10-31(41)37-17-5-8-27(37)21-40)34(44)29-18-25(35)13-16-30(29)38(33(34)43)20-23-11-14-26(15-12-23)39-32(42)28-9-3-2-7-24(28)19-36-39/h2-4,6-7,9,11-16,18-19,22,27,40,44H,5,8,10,17,20-21H2,1H3/b6-4+/t22-,27-,34+/m0/s1. The first-order valence-electron chi connectivity index (χ1n) is 14.7. The monoisotopic (exact) mass is 656 g/mol. The summed E-state index contributed by atoms with van der Waals surface area (Å²) in [6, 6.07) is 19.8. The third-order valence-electron chi connectivity index (χ3n) is 8.73. The van der Waals surface area contributed by atoms with Crippen molar-refractivity contribution < 1.29 is 19.8 Å². The van der Waals surface area contributed by atoms with Crippen LogP contribution >= 0.6 is 15.9 Å². The highest BCUT2D eigenvalue weighted by Crippen LogP contribution is 2.46. The lowest BCUT2D eigenvalue weighted by Gasteiger charge is -2.28. The van der Waals surface area contributed by atoms with Crippen molar-refractivity contribution in [2.45, 2.75) is 44.4 Å². The molecule has 44 heavy (non-hydrogen) atoms. The fourth-order valence-electron chi connectivity index (χ4n) is 6.26. The molecular weight excluding hydrogens is 624 g/mol. The minimum Gasteiger partial charge on any atom is -0.394 e. The lowest BCUT2D eigenvalue weighted by Crippen LogP contribution is -2.44. The Labute approximate surface area is 263 Å².